The SMILES string of the molecule is CCc1cc(OC)cc(O)c1-c1nc(N)ncc1-c1cscn1. The number of anilines is 1. The molecule has 23 heavy (non-hydrogen) atoms. The van der Waals surface area contributed by atoms with Gasteiger partial charge in [-0.3, -0.25) is 0 Å². The number of ether oxygens (including phenoxy) is 1. The van der Waals surface area contributed by atoms with Crippen LogP contribution in [0.25, 0.3) is 22.5 Å². The second-order valence-electron chi connectivity index (χ2n) is 4.90. The van der Waals surface area contributed by atoms with Crippen molar-refractivity contribution >= 4 is 17.3 Å². The maximum atomic E-state index is 10.5. The Hall–Kier alpha value is -2.67. The Labute approximate surface area is 137 Å². The summed E-state index contributed by atoms with van der Waals surface area (Å²) in [6, 6.07) is 3.45. The van der Waals surface area contributed by atoms with Crippen LogP contribution in [0.1, 0.15) is 12.5 Å². The zero-order valence-corrected chi connectivity index (χ0v) is 13.6. The quantitative estimate of drug-likeness (QED) is 0.764. The highest BCUT2D eigenvalue weighted by molar-refractivity contribution is 7.07. The van der Waals surface area contributed by atoms with Gasteiger partial charge in [0.25, 0.3) is 0 Å². The molecule has 0 saturated carbocycles. The van der Waals surface area contributed by atoms with Crippen LogP contribution in [0.4, 0.5) is 5.95 Å². The number of nitrogens with zero attached hydrogens (tertiary/aromatic N) is 3. The first-order valence-corrected chi connectivity index (χ1v) is 7.99. The number of aryl methyl sites for hydroxylation is 1. The summed E-state index contributed by atoms with van der Waals surface area (Å²) < 4.78 is 5.23. The van der Waals surface area contributed by atoms with Crippen molar-refractivity contribution in [3.63, 3.8) is 0 Å². The minimum atomic E-state index is 0.0933. The maximum absolute atomic E-state index is 10.5. The van der Waals surface area contributed by atoms with Crippen LogP contribution < -0.4 is 10.5 Å². The normalized spacial score (nSPS) is 10.7. The molecule has 118 valence electrons. The molecule has 3 rings (SSSR count). The summed E-state index contributed by atoms with van der Waals surface area (Å²) in [6.07, 6.45) is 2.34. The second kappa shape index (κ2) is 6.21. The molecular formula is C16H16N4O2S. The summed E-state index contributed by atoms with van der Waals surface area (Å²) in [6.45, 7) is 2.00. The fourth-order valence-corrected chi connectivity index (χ4v) is 3.00. The van der Waals surface area contributed by atoms with Crippen LogP contribution in [0.3, 0.4) is 0 Å². The maximum Gasteiger partial charge on any atom is 0.220 e. The summed E-state index contributed by atoms with van der Waals surface area (Å²) in [5, 5.41) is 12.4. The van der Waals surface area contributed by atoms with Crippen molar-refractivity contribution in [2.75, 3.05) is 12.8 Å². The van der Waals surface area contributed by atoms with Crippen LogP contribution in [-0.2, 0) is 6.42 Å². The molecule has 0 radical (unpaired) electrons. The first-order valence-electron chi connectivity index (χ1n) is 7.05. The van der Waals surface area contributed by atoms with Gasteiger partial charge in [0.2, 0.25) is 5.95 Å². The first kappa shape index (κ1) is 15.2. The number of nitrogen functional groups attached to an aromatic ring is 1. The van der Waals surface area contributed by atoms with Crippen molar-refractivity contribution in [1.82, 2.24) is 15.0 Å². The molecule has 2 heterocycles. The van der Waals surface area contributed by atoms with Crippen molar-refractivity contribution in [3.05, 3.63) is 34.8 Å². The topological polar surface area (TPSA) is 94.2 Å². The summed E-state index contributed by atoms with van der Waals surface area (Å²) >= 11 is 1.48. The smallest absolute Gasteiger partial charge is 0.220 e. The highest BCUT2D eigenvalue weighted by atomic mass is 32.1. The average molecular weight is 328 g/mol. The lowest BCUT2D eigenvalue weighted by Crippen LogP contribution is -2.01. The molecule has 1 aromatic carbocycles. The van der Waals surface area contributed by atoms with Crippen LogP contribution in [-0.4, -0.2) is 27.2 Å². The molecule has 0 unspecified atom stereocenters. The molecule has 0 aliphatic heterocycles. The first-order chi connectivity index (χ1) is 11.1. The van der Waals surface area contributed by atoms with Gasteiger partial charge in [0.1, 0.15) is 11.5 Å². The molecule has 7 heteroatoms. The predicted octanol–water partition coefficient (Wildman–Crippen LogP) is 3.13. The lowest BCUT2D eigenvalue weighted by Gasteiger charge is -2.14. The number of hydrogen-bond donors (Lipinski definition) is 2. The van der Waals surface area contributed by atoms with E-state index in [4.69, 9.17) is 10.5 Å². The Balaban J connectivity index is 2.29. The van der Waals surface area contributed by atoms with Gasteiger partial charge >= 0.3 is 0 Å². The van der Waals surface area contributed by atoms with Gasteiger partial charge in [0, 0.05) is 28.8 Å². The van der Waals surface area contributed by atoms with E-state index >= 15 is 0 Å². The Kier molecular flexibility index (Phi) is 4.12. The van der Waals surface area contributed by atoms with Gasteiger partial charge in [-0.15, -0.1) is 11.3 Å². The van der Waals surface area contributed by atoms with E-state index in [9.17, 15) is 5.11 Å². The van der Waals surface area contributed by atoms with E-state index in [0.29, 0.717) is 23.4 Å². The van der Waals surface area contributed by atoms with Crippen LogP contribution in [0.5, 0.6) is 11.5 Å². The van der Waals surface area contributed by atoms with Crippen LogP contribution in [0, 0.1) is 0 Å². The van der Waals surface area contributed by atoms with Crippen LogP contribution in [0.2, 0.25) is 0 Å². The van der Waals surface area contributed by atoms with Crippen molar-refractivity contribution in [1.29, 1.82) is 0 Å². The molecule has 0 fully saturated rings. The zero-order chi connectivity index (χ0) is 16.4. The number of aromatic hydroxyl groups is 1. The Morgan fingerprint density at radius 2 is 2.13 bits per heavy atom. The largest absolute Gasteiger partial charge is 0.507 e. The van der Waals surface area contributed by atoms with Gasteiger partial charge in [0.15, 0.2) is 0 Å². The third kappa shape index (κ3) is 2.83. The summed E-state index contributed by atoms with van der Waals surface area (Å²) in [5.41, 5.74) is 11.1. The Morgan fingerprint density at radius 1 is 1.30 bits per heavy atom. The molecule has 0 amide bonds. The fraction of sp³-hybridized carbons (Fsp3) is 0.188. The Morgan fingerprint density at radius 3 is 2.78 bits per heavy atom. The Bertz CT molecular complexity index is 834. The molecular weight excluding hydrogens is 312 g/mol. The summed E-state index contributed by atoms with van der Waals surface area (Å²) in [5.74, 6) is 0.840. The van der Waals surface area contributed by atoms with Crippen molar-refractivity contribution < 1.29 is 9.84 Å². The number of methoxy groups -OCH3 is 1. The van der Waals surface area contributed by atoms with Gasteiger partial charge in [0.05, 0.1) is 24.0 Å². The standard InChI is InChI=1S/C16H16N4O2S/c1-3-9-4-10(22-2)5-13(21)14(9)15-11(6-18-16(17)20-15)12-7-23-8-19-12/h4-8,21H,3H2,1-2H3,(H2,17,18,20). The van der Waals surface area contributed by atoms with Crippen molar-refractivity contribution in [2.24, 2.45) is 0 Å². The second-order valence-corrected chi connectivity index (χ2v) is 5.62. The summed E-state index contributed by atoms with van der Waals surface area (Å²) in [7, 11) is 1.57. The lowest BCUT2D eigenvalue weighted by atomic mass is 9.97. The third-order valence-corrected chi connectivity index (χ3v) is 4.13. The van der Waals surface area contributed by atoms with E-state index in [1.165, 1.54) is 11.3 Å². The van der Waals surface area contributed by atoms with Crippen molar-refractivity contribution in [3.8, 4) is 34.0 Å². The lowest BCUT2D eigenvalue weighted by molar-refractivity contribution is 0.407. The monoisotopic (exact) mass is 328 g/mol. The van der Waals surface area contributed by atoms with Gasteiger partial charge < -0.3 is 15.6 Å². The molecule has 2 aromatic heterocycles. The number of phenolic OH excluding ortho intramolecular Hbond substituents is 1. The number of nitrogens with two attached hydrogens (primary N) is 1. The molecule has 0 saturated heterocycles. The van der Waals surface area contributed by atoms with E-state index in [1.807, 2.05) is 18.4 Å². The molecule has 0 bridgehead atoms. The zero-order valence-electron chi connectivity index (χ0n) is 12.8. The van der Waals surface area contributed by atoms with E-state index in [2.05, 4.69) is 15.0 Å². The highest BCUT2D eigenvalue weighted by Crippen LogP contribution is 2.40. The number of benzene rings is 1. The van der Waals surface area contributed by atoms with Gasteiger partial charge in [-0.05, 0) is 18.1 Å². The van der Waals surface area contributed by atoms with E-state index in [-0.39, 0.29) is 11.7 Å². The minimum absolute atomic E-state index is 0.0933. The molecule has 0 aliphatic rings. The number of aromatic nitrogens is 3. The molecule has 3 N–H and O–H groups in total. The molecule has 3 aromatic rings. The van der Waals surface area contributed by atoms with E-state index in [1.54, 1.807) is 24.9 Å². The molecule has 0 atom stereocenters. The van der Waals surface area contributed by atoms with Crippen LogP contribution >= 0.6 is 11.3 Å². The number of phenols is 1. The third-order valence-electron chi connectivity index (χ3n) is 3.54. The number of rotatable bonds is 4. The van der Waals surface area contributed by atoms with Gasteiger partial charge in [-0.25, -0.2) is 15.0 Å². The van der Waals surface area contributed by atoms with E-state index in [0.717, 1.165) is 16.8 Å². The van der Waals surface area contributed by atoms with Gasteiger partial charge in [-0.2, -0.15) is 0 Å². The van der Waals surface area contributed by atoms with Crippen LogP contribution in [0.15, 0.2) is 29.2 Å². The fourth-order valence-electron chi connectivity index (χ4n) is 2.45. The summed E-state index contributed by atoms with van der Waals surface area (Å²) in [4.78, 5) is 12.7. The number of thiazole rings is 1. The predicted molar refractivity (Wildman–Crippen MR) is 90.6 cm³/mol. The molecule has 0 aliphatic carbocycles. The molecule has 6 nitrogen and oxygen atoms in total. The minimum Gasteiger partial charge on any atom is -0.507 e. The van der Waals surface area contributed by atoms with Gasteiger partial charge in [-0.1, -0.05) is 6.92 Å². The van der Waals surface area contributed by atoms with Crippen molar-refractivity contribution in [2.45, 2.75) is 13.3 Å². The van der Waals surface area contributed by atoms with E-state index < -0.39 is 0 Å². The average Bonchev–Trinajstić information content (AvgIpc) is 3.08. The highest BCUT2D eigenvalue weighted by Gasteiger charge is 2.19. The molecule has 0 spiro atoms. The number of hydrogen-bond acceptors (Lipinski definition) is 7.